The van der Waals surface area contributed by atoms with Crippen molar-refractivity contribution in [2.75, 3.05) is 6.54 Å². The molecule has 1 unspecified atom stereocenters. The summed E-state index contributed by atoms with van der Waals surface area (Å²) in [6.45, 7) is 3.61. The Balaban J connectivity index is 1.67. The Morgan fingerprint density at radius 3 is 2.94 bits per heavy atom. The number of halogens is 1. The van der Waals surface area contributed by atoms with Crippen LogP contribution in [0.4, 0.5) is 0 Å². The van der Waals surface area contributed by atoms with Gasteiger partial charge in [0.1, 0.15) is 0 Å². The zero-order chi connectivity index (χ0) is 12.6. The second-order valence-corrected chi connectivity index (χ2v) is 8.04. The first kappa shape index (κ1) is 13.0. The number of hydrogen-bond acceptors (Lipinski definition) is 2. The Morgan fingerprint density at radius 1 is 1.39 bits per heavy atom. The summed E-state index contributed by atoms with van der Waals surface area (Å²) in [7, 11) is 0. The van der Waals surface area contributed by atoms with Crippen LogP contribution in [-0.2, 0) is 6.42 Å². The van der Waals surface area contributed by atoms with E-state index >= 15 is 0 Å². The number of thiophene rings is 1. The molecule has 3 heteroatoms. The van der Waals surface area contributed by atoms with Crippen LogP contribution < -0.4 is 5.32 Å². The maximum absolute atomic E-state index is 6.16. The van der Waals surface area contributed by atoms with Gasteiger partial charge in [0.25, 0.3) is 0 Å². The quantitative estimate of drug-likeness (QED) is 0.828. The van der Waals surface area contributed by atoms with E-state index in [1.54, 1.807) is 11.3 Å². The van der Waals surface area contributed by atoms with Crippen molar-refractivity contribution in [1.82, 2.24) is 5.32 Å². The summed E-state index contributed by atoms with van der Waals surface area (Å²) in [6, 6.07) is 2.74. The number of aryl methyl sites for hydroxylation is 1. The molecule has 3 rings (SSSR count). The molecule has 1 fully saturated rings. The lowest BCUT2D eigenvalue weighted by molar-refractivity contribution is 0.289. The average molecular weight is 284 g/mol. The van der Waals surface area contributed by atoms with Crippen molar-refractivity contribution in [3.8, 4) is 0 Å². The standard InChI is InChI=1S/C15H22ClNS/c1-15(7-2-3-8-15)10-17-12-5-4-6-13-11(12)9-14(16)18-13/h9,12,17H,2-8,10H2,1H3. The third-order valence-electron chi connectivity index (χ3n) is 4.67. The van der Waals surface area contributed by atoms with Crippen LogP contribution in [0.2, 0.25) is 4.34 Å². The molecule has 0 aliphatic heterocycles. The minimum atomic E-state index is 0.539. The molecule has 0 bridgehead atoms. The molecule has 18 heavy (non-hydrogen) atoms. The highest BCUT2D eigenvalue weighted by Crippen LogP contribution is 2.40. The molecule has 0 aromatic carbocycles. The molecule has 0 spiro atoms. The molecule has 1 N–H and O–H groups in total. The summed E-state index contributed by atoms with van der Waals surface area (Å²) in [5.74, 6) is 0. The Kier molecular flexibility index (Phi) is 3.70. The largest absolute Gasteiger partial charge is 0.309 e. The molecule has 1 aromatic heterocycles. The predicted octanol–water partition coefficient (Wildman–Crippen LogP) is 4.95. The Labute approximate surface area is 119 Å². The topological polar surface area (TPSA) is 12.0 Å². The summed E-state index contributed by atoms with van der Waals surface area (Å²) in [5.41, 5.74) is 2.02. The summed E-state index contributed by atoms with van der Waals surface area (Å²) < 4.78 is 0.959. The summed E-state index contributed by atoms with van der Waals surface area (Å²) >= 11 is 7.94. The van der Waals surface area contributed by atoms with Gasteiger partial charge in [0, 0.05) is 17.5 Å². The van der Waals surface area contributed by atoms with E-state index in [1.807, 2.05) is 0 Å². The van der Waals surface area contributed by atoms with Crippen molar-refractivity contribution in [1.29, 1.82) is 0 Å². The van der Waals surface area contributed by atoms with Crippen molar-refractivity contribution in [2.24, 2.45) is 5.41 Å². The number of hydrogen-bond donors (Lipinski definition) is 1. The Hall–Kier alpha value is -0.0500. The molecule has 0 amide bonds. The second-order valence-electron chi connectivity index (χ2n) is 6.27. The Bertz CT molecular complexity index is 420. The van der Waals surface area contributed by atoms with Gasteiger partial charge in [0.05, 0.1) is 4.34 Å². The van der Waals surface area contributed by atoms with Crippen LogP contribution in [0, 0.1) is 5.41 Å². The number of rotatable bonds is 3. The first-order valence-corrected chi connectivity index (χ1v) is 8.37. The number of nitrogens with one attached hydrogen (secondary N) is 1. The molecule has 2 aliphatic carbocycles. The molecule has 0 radical (unpaired) electrons. The molecule has 1 nitrogen and oxygen atoms in total. The maximum atomic E-state index is 6.16. The summed E-state index contributed by atoms with van der Waals surface area (Å²) in [6.07, 6.45) is 9.42. The van der Waals surface area contributed by atoms with Crippen molar-refractivity contribution in [3.05, 3.63) is 20.8 Å². The lowest BCUT2D eigenvalue weighted by Gasteiger charge is -2.30. The van der Waals surface area contributed by atoms with E-state index in [9.17, 15) is 0 Å². The highest BCUT2D eigenvalue weighted by Gasteiger charge is 2.30. The van der Waals surface area contributed by atoms with Gasteiger partial charge in [0.15, 0.2) is 0 Å². The third kappa shape index (κ3) is 2.61. The van der Waals surface area contributed by atoms with Gasteiger partial charge in [-0.1, -0.05) is 31.4 Å². The van der Waals surface area contributed by atoms with Gasteiger partial charge in [-0.2, -0.15) is 0 Å². The lowest BCUT2D eigenvalue weighted by Crippen LogP contribution is -2.33. The molecular formula is C15H22ClNS. The molecule has 1 aromatic rings. The average Bonchev–Trinajstić information content (AvgIpc) is 2.92. The second kappa shape index (κ2) is 5.15. The molecule has 1 atom stereocenters. The predicted molar refractivity (Wildman–Crippen MR) is 79.6 cm³/mol. The normalized spacial score (nSPS) is 26.2. The SMILES string of the molecule is CC1(CNC2CCCc3sc(Cl)cc32)CCCC1. The van der Waals surface area contributed by atoms with Crippen molar-refractivity contribution < 1.29 is 0 Å². The molecule has 2 aliphatic rings. The van der Waals surface area contributed by atoms with E-state index in [0.717, 1.165) is 4.34 Å². The van der Waals surface area contributed by atoms with Crippen LogP contribution in [0.5, 0.6) is 0 Å². The van der Waals surface area contributed by atoms with Gasteiger partial charge in [-0.3, -0.25) is 0 Å². The van der Waals surface area contributed by atoms with Gasteiger partial charge in [0.2, 0.25) is 0 Å². The summed E-state index contributed by atoms with van der Waals surface area (Å²) in [4.78, 5) is 1.51. The molecule has 100 valence electrons. The van der Waals surface area contributed by atoms with Gasteiger partial charge < -0.3 is 5.32 Å². The molecular weight excluding hydrogens is 262 g/mol. The van der Waals surface area contributed by atoms with E-state index in [-0.39, 0.29) is 0 Å². The van der Waals surface area contributed by atoms with Gasteiger partial charge in [-0.15, -0.1) is 11.3 Å². The highest BCUT2D eigenvalue weighted by molar-refractivity contribution is 7.16. The fourth-order valence-corrected chi connectivity index (χ4v) is 4.89. The first-order chi connectivity index (χ1) is 8.66. The fourth-order valence-electron chi connectivity index (χ4n) is 3.51. The van der Waals surface area contributed by atoms with Gasteiger partial charge in [-0.05, 0) is 49.1 Å². The third-order valence-corrected chi connectivity index (χ3v) is 6.01. The zero-order valence-corrected chi connectivity index (χ0v) is 12.7. The fraction of sp³-hybridized carbons (Fsp3) is 0.733. The lowest BCUT2D eigenvalue weighted by atomic mass is 9.87. The minimum Gasteiger partial charge on any atom is -0.309 e. The van der Waals surface area contributed by atoms with Crippen molar-refractivity contribution in [3.63, 3.8) is 0 Å². The van der Waals surface area contributed by atoms with E-state index in [2.05, 4.69) is 18.3 Å². The van der Waals surface area contributed by atoms with Crippen molar-refractivity contribution in [2.45, 2.75) is 57.9 Å². The smallest absolute Gasteiger partial charge is 0.0934 e. The minimum absolute atomic E-state index is 0.539. The molecule has 1 heterocycles. The van der Waals surface area contributed by atoms with E-state index in [1.165, 1.54) is 61.9 Å². The monoisotopic (exact) mass is 283 g/mol. The van der Waals surface area contributed by atoms with E-state index in [4.69, 9.17) is 11.6 Å². The van der Waals surface area contributed by atoms with E-state index < -0.39 is 0 Å². The van der Waals surface area contributed by atoms with Crippen LogP contribution in [0.1, 0.15) is 61.9 Å². The van der Waals surface area contributed by atoms with Crippen LogP contribution >= 0.6 is 22.9 Å². The van der Waals surface area contributed by atoms with Crippen molar-refractivity contribution >= 4 is 22.9 Å². The Morgan fingerprint density at radius 2 is 2.17 bits per heavy atom. The molecule has 1 saturated carbocycles. The van der Waals surface area contributed by atoms with E-state index in [0.29, 0.717) is 11.5 Å². The molecule has 0 saturated heterocycles. The van der Waals surface area contributed by atoms with Crippen LogP contribution in [-0.4, -0.2) is 6.54 Å². The van der Waals surface area contributed by atoms with Crippen LogP contribution in [0.3, 0.4) is 0 Å². The maximum Gasteiger partial charge on any atom is 0.0934 e. The highest BCUT2D eigenvalue weighted by atomic mass is 35.5. The zero-order valence-electron chi connectivity index (χ0n) is 11.1. The number of fused-ring (bicyclic) bond motifs is 1. The van der Waals surface area contributed by atoms with Crippen LogP contribution in [0.15, 0.2) is 6.07 Å². The van der Waals surface area contributed by atoms with Gasteiger partial charge >= 0.3 is 0 Å². The van der Waals surface area contributed by atoms with Gasteiger partial charge in [-0.25, -0.2) is 0 Å². The summed E-state index contributed by atoms with van der Waals surface area (Å²) in [5, 5.41) is 3.82. The van der Waals surface area contributed by atoms with Crippen LogP contribution in [0.25, 0.3) is 0 Å². The first-order valence-electron chi connectivity index (χ1n) is 7.18.